The number of Topliss-reactive ketones (excluding diaryl/α,β-unsaturated/α-hetero) is 1. The van der Waals surface area contributed by atoms with E-state index in [0.29, 0.717) is 6.42 Å². The molecule has 0 aromatic carbocycles. The van der Waals surface area contributed by atoms with Gasteiger partial charge in [-0.3, -0.25) is 4.79 Å². The van der Waals surface area contributed by atoms with Crippen LogP contribution in [0.15, 0.2) is 12.2 Å². The Morgan fingerprint density at radius 3 is 2.25 bits per heavy atom. The quantitative estimate of drug-likeness (QED) is 0.605. The molecule has 0 aliphatic carbocycles. The van der Waals surface area contributed by atoms with Crippen molar-refractivity contribution in [3.05, 3.63) is 12.2 Å². The molecule has 0 aliphatic heterocycles. The Hall–Kier alpha value is -0.630. The lowest BCUT2D eigenvalue weighted by Crippen LogP contribution is -2.23. The van der Waals surface area contributed by atoms with Crippen molar-refractivity contribution in [2.24, 2.45) is 0 Å². The molecule has 0 heterocycles. The van der Waals surface area contributed by atoms with E-state index >= 15 is 0 Å². The number of ether oxygens (including phenoxy) is 1. The first-order valence-corrected chi connectivity index (χ1v) is 4.11. The van der Waals surface area contributed by atoms with E-state index < -0.39 is 0 Å². The third-order valence-electron chi connectivity index (χ3n) is 1.17. The topological polar surface area (TPSA) is 26.3 Å². The zero-order valence-corrected chi connectivity index (χ0v) is 8.44. The van der Waals surface area contributed by atoms with Gasteiger partial charge < -0.3 is 4.74 Å². The van der Waals surface area contributed by atoms with Gasteiger partial charge in [-0.2, -0.15) is 0 Å². The van der Waals surface area contributed by atoms with Gasteiger partial charge in [0.2, 0.25) is 0 Å². The molecule has 0 amide bonds. The zero-order chi connectivity index (χ0) is 9.78. The van der Waals surface area contributed by atoms with Gasteiger partial charge in [0, 0.05) is 6.42 Å². The molecule has 0 unspecified atom stereocenters. The average molecular weight is 170 g/mol. The molecule has 0 spiro atoms. The summed E-state index contributed by atoms with van der Waals surface area (Å²) in [7, 11) is 0. The number of rotatable bonds is 4. The zero-order valence-electron chi connectivity index (χ0n) is 8.44. The van der Waals surface area contributed by atoms with Crippen molar-refractivity contribution in [1.82, 2.24) is 0 Å². The maximum atomic E-state index is 11.1. The molecular weight excluding hydrogens is 152 g/mol. The summed E-state index contributed by atoms with van der Waals surface area (Å²) >= 11 is 0. The molecule has 0 aromatic heterocycles. The number of hydrogen-bond donors (Lipinski definition) is 0. The van der Waals surface area contributed by atoms with Gasteiger partial charge in [-0.15, -0.1) is 0 Å². The van der Waals surface area contributed by atoms with E-state index in [2.05, 4.69) is 6.58 Å². The highest BCUT2D eigenvalue weighted by Gasteiger charge is 2.12. The predicted molar refractivity (Wildman–Crippen MR) is 50.1 cm³/mol. The number of carbonyl (C=O) groups is 1. The summed E-state index contributed by atoms with van der Waals surface area (Å²) in [4.78, 5) is 11.1. The lowest BCUT2D eigenvalue weighted by Gasteiger charge is -2.18. The van der Waals surface area contributed by atoms with Crippen LogP contribution >= 0.6 is 0 Å². The molecule has 0 radical (unpaired) electrons. The van der Waals surface area contributed by atoms with Crippen LogP contribution in [0.1, 0.15) is 34.1 Å². The first-order chi connectivity index (χ1) is 5.31. The monoisotopic (exact) mass is 170 g/mol. The minimum absolute atomic E-state index is 0.0948. The Labute approximate surface area is 74.6 Å². The van der Waals surface area contributed by atoms with Crippen LogP contribution in [0.2, 0.25) is 0 Å². The molecule has 0 N–H and O–H groups in total. The van der Waals surface area contributed by atoms with Gasteiger partial charge in [0.15, 0.2) is 5.78 Å². The highest BCUT2D eigenvalue weighted by Crippen LogP contribution is 2.07. The molecule has 0 saturated carbocycles. The maximum Gasteiger partial charge on any atom is 0.162 e. The summed E-state index contributed by atoms with van der Waals surface area (Å²) in [6.45, 7) is 11.5. The molecule has 2 nitrogen and oxygen atoms in total. The van der Waals surface area contributed by atoms with Gasteiger partial charge in [0.1, 0.15) is 6.61 Å². The molecule has 0 rings (SSSR count). The number of hydrogen-bond acceptors (Lipinski definition) is 2. The van der Waals surface area contributed by atoms with E-state index in [1.54, 1.807) is 0 Å². The van der Waals surface area contributed by atoms with Gasteiger partial charge in [0.25, 0.3) is 0 Å². The van der Waals surface area contributed by atoms with Crippen molar-refractivity contribution in [2.75, 3.05) is 6.61 Å². The first kappa shape index (κ1) is 11.4. The van der Waals surface area contributed by atoms with Crippen LogP contribution in [0.5, 0.6) is 0 Å². The fourth-order valence-electron chi connectivity index (χ4n) is 0.685. The normalized spacial score (nSPS) is 11.3. The third-order valence-corrected chi connectivity index (χ3v) is 1.17. The highest BCUT2D eigenvalue weighted by atomic mass is 16.5. The smallest absolute Gasteiger partial charge is 0.162 e. The fraction of sp³-hybridized carbons (Fsp3) is 0.700. The number of allylic oxidation sites excluding steroid dienone is 1. The van der Waals surface area contributed by atoms with Gasteiger partial charge in [-0.05, 0) is 27.7 Å². The number of ketones is 1. The molecule has 0 atom stereocenters. The Bertz CT molecular complexity index is 175. The molecule has 0 saturated heterocycles. The second-order valence-electron chi connectivity index (χ2n) is 4.07. The maximum absolute atomic E-state index is 11.1. The first-order valence-electron chi connectivity index (χ1n) is 4.11. The Balaban J connectivity index is 3.65. The molecule has 0 fully saturated rings. The minimum atomic E-state index is -0.231. The summed E-state index contributed by atoms with van der Waals surface area (Å²) in [6, 6.07) is 0. The van der Waals surface area contributed by atoms with Crippen LogP contribution in [0.3, 0.4) is 0 Å². The van der Waals surface area contributed by atoms with Gasteiger partial charge >= 0.3 is 0 Å². The van der Waals surface area contributed by atoms with E-state index in [-0.39, 0.29) is 18.0 Å². The Kier molecular flexibility index (Phi) is 4.18. The van der Waals surface area contributed by atoms with Gasteiger partial charge in [0.05, 0.1) is 5.60 Å². The van der Waals surface area contributed by atoms with Crippen molar-refractivity contribution in [3.8, 4) is 0 Å². The van der Waals surface area contributed by atoms with E-state index in [1.807, 2.05) is 27.7 Å². The van der Waals surface area contributed by atoms with Crippen LogP contribution in [0.4, 0.5) is 0 Å². The Morgan fingerprint density at radius 2 is 1.92 bits per heavy atom. The predicted octanol–water partition coefficient (Wildman–Crippen LogP) is 2.34. The summed E-state index contributed by atoms with van der Waals surface area (Å²) in [5, 5.41) is 0. The average Bonchev–Trinajstić information content (AvgIpc) is 1.80. The molecule has 2 heteroatoms. The van der Waals surface area contributed by atoms with Crippen LogP contribution < -0.4 is 0 Å². The van der Waals surface area contributed by atoms with Crippen LogP contribution in [0, 0.1) is 0 Å². The van der Waals surface area contributed by atoms with Crippen molar-refractivity contribution < 1.29 is 9.53 Å². The second-order valence-corrected chi connectivity index (χ2v) is 4.07. The Morgan fingerprint density at radius 1 is 1.42 bits per heavy atom. The molecule has 12 heavy (non-hydrogen) atoms. The van der Waals surface area contributed by atoms with Crippen LogP contribution in [0.25, 0.3) is 0 Å². The lowest BCUT2D eigenvalue weighted by molar-refractivity contribution is -0.127. The molecular formula is C10H18O2. The van der Waals surface area contributed by atoms with E-state index in [4.69, 9.17) is 4.74 Å². The third kappa shape index (κ3) is 7.48. The van der Waals surface area contributed by atoms with Crippen molar-refractivity contribution in [3.63, 3.8) is 0 Å². The van der Waals surface area contributed by atoms with Crippen molar-refractivity contribution in [1.29, 1.82) is 0 Å². The van der Waals surface area contributed by atoms with Crippen LogP contribution in [-0.4, -0.2) is 18.0 Å². The highest BCUT2D eigenvalue weighted by molar-refractivity contribution is 5.81. The second kappa shape index (κ2) is 4.41. The van der Waals surface area contributed by atoms with Crippen molar-refractivity contribution >= 4 is 5.78 Å². The van der Waals surface area contributed by atoms with E-state index in [0.717, 1.165) is 5.57 Å². The molecule has 0 aromatic rings. The summed E-state index contributed by atoms with van der Waals surface area (Å²) < 4.78 is 5.30. The van der Waals surface area contributed by atoms with Gasteiger partial charge in [-0.25, -0.2) is 0 Å². The van der Waals surface area contributed by atoms with E-state index in [9.17, 15) is 4.79 Å². The van der Waals surface area contributed by atoms with Crippen molar-refractivity contribution in [2.45, 2.75) is 39.7 Å². The molecule has 0 aliphatic rings. The van der Waals surface area contributed by atoms with E-state index in [1.165, 1.54) is 0 Å². The minimum Gasteiger partial charge on any atom is -0.368 e. The number of carbonyl (C=O) groups excluding carboxylic acids is 1. The summed E-state index contributed by atoms with van der Waals surface area (Å²) in [6.07, 6.45) is 0.427. The fourth-order valence-corrected chi connectivity index (χ4v) is 0.685. The summed E-state index contributed by atoms with van der Waals surface area (Å²) in [5.41, 5.74) is 0.655. The van der Waals surface area contributed by atoms with Crippen LogP contribution in [-0.2, 0) is 9.53 Å². The molecule has 0 bridgehead atoms. The summed E-state index contributed by atoms with van der Waals surface area (Å²) in [5.74, 6) is 0.0948. The largest absolute Gasteiger partial charge is 0.368 e. The standard InChI is InChI=1S/C10H18O2/c1-8(2)6-9(11)7-12-10(3,4)5/h1,6-7H2,2-5H3. The molecule has 70 valence electrons. The lowest BCUT2D eigenvalue weighted by atomic mass is 10.1. The SMILES string of the molecule is C=C(C)CC(=O)COC(C)(C)C. The van der Waals surface area contributed by atoms with Gasteiger partial charge in [-0.1, -0.05) is 12.2 Å².